The molecule has 0 radical (unpaired) electrons. The average molecular weight is 242 g/mol. The third kappa shape index (κ3) is 2.89. The number of nitrogens with two attached hydrogens (primary N) is 1. The molecule has 0 amide bonds. The highest BCUT2D eigenvalue weighted by Crippen LogP contribution is 2.23. The summed E-state index contributed by atoms with van der Waals surface area (Å²) in [5.74, 6) is 0. The molecule has 18 heavy (non-hydrogen) atoms. The molecule has 96 valence electrons. The average Bonchev–Trinajstić information content (AvgIpc) is 2.43. The van der Waals surface area contributed by atoms with Gasteiger partial charge in [0.1, 0.15) is 0 Å². The van der Waals surface area contributed by atoms with Crippen LogP contribution < -0.4 is 5.73 Å². The summed E-state index contributed by atoms with van der Waals surface area (Å²) in [5.41, 5.74) is 6.93. The summed E-state index contributed by atoms with van der Waals surface area (Å²) >= 11 is 0. The minimum atomic E-state index is 0.432. The number of hydrogen-bond donors (Lipinski definition) is 1. The van der Waals surface area contributed by atoms with Crippen molar-refractivity contribution < 1.29 is 0 Å². The lowest BCUT2D eigenvalue weighted by Gasteiger charge is -2.25. The maximum atomic E-state index is 5.56. The fraction of sp³-hybridized carbons (Fsp3) is 0.375. The molecule has 2 nitrogen and oxygen atoms in total. The van der Waals surface area contributed by atoms with Crippen LogP contribution in [0.4, 0.5) is 0 Å². The highest BCUT2D eigenvalue weighted by molar-refractivity contribution is 5.83. The first-order chi connectivity index (χ1) is 8.72. The molecule has 0 aromatic heterocycles. The van der Waals surface area contributed by atoms with Crippen LogP contribution in [0, 0.1) is 0 Å². The third-order valence-electron chi connectivity index (χ3n) is 3.63. The van der Waals surface area contributed by atoms with Crippen molar-refractivity contribution in [1.82, 2.24) is 4.90 Å². The van der Waals surface area contributed by atoms with Crippen molar-refractivity contribution in [3.05, 3.63) is 48.0 Å². The van der Waals surface area contributed by atoms with Gasteiger partial charge in [-0.25, -0.2) is 0 Å². The van der Waals surface area contributed by atoms with Gasteiger partial charge in [0, 0.05) is 6.04 Å². The van der Waals surface area contributed by atoms with Crippen molar-refractivity contribution in [3.63, 3.8) is 0 Å². The largest absolute Gasteiger partial charge is 0.330 e. The minimum absolute atomic E-state index is 0.432. The second-order valence-electron chi connectivity index (χ2n) is 4.91. The van der Waals surface area contributed by atoms with E-state index in [0.29, 0.717) is 6.04 Å². The Balaban J connectivity index is 2.19. The molecule has 0 bridgehead atoms. The van der Waals surface area contributed by atoms with Gasteiger partial charge in [0.2, 0.25) is 0 Å². The molecule has 1 unspecified atom stereocenters. The fourth-order valence-electron chi connectivity index (χ4n) is 2.26. The Morgan fingerprint density at radius 3 is 2.56 bits per heavy atom. The van der Waals surface area contributed by atoms with Gasteiger partial charge in [0.15, 0.2) is 0 Å². The van der Waals surface area contributed by atoms with E-state index in [9.17, 15) is 0 Å². The summed E-state index contributed by atoms with van der Waals surface area (Å²) in [7, 11) is 2.16. The predicted octanol–water partition coefficient (Wildman–Crippen LogP) is 3.18. The van der Waals surface area contributed by atoms with Gasteiger partial charge in [-0.2, -0.15) is 0 Å². The van der Waals surface area contributed by atoms with Crippen LogP contribution in [0.1, 0.15) is 24.9 Å². The highest BCUT2D eigenvalue weighted by atomic mass is 15.1. The second-order valence-corrected chi connectivity index (χ2v) is 4.91. The molecule has 0 saturated heterocycles. The first kappa shape index (κ1) is 13.1. The Labute approximate surface area is 109 Å². The van der Waals surface area contributed by atoms with Crippen molar-refractivity contribution in [2.24, 2.45) is 5.73 Å². The lowest BCUT2D eigenvalue weighted by atomic mass is 10.0. The van der Waals surface area contributed by atoms with E-state index in [-0.39, 0.29) is 0 Å². The zero-order chi connectivity index (χ0) is 13.0. The van der Waals surface area contributed by atoms with Gasteiger partial charge >= 0.3 is 0 Å². The van der Waals surface area contributed by atoms with Crippen LogP contribution in [-0.4, -0.2) is 25.0 Å². The summed E-state index contributed by atoms with van der Waals surface area (Å²) in [6, 6.07) is 15.7. The van der Waals surface area contributed by atoms with Crippen LogP contribution in [0.5, 0.6) is 0 Å². The Hall–Kier alpha value is -1.38. The molecule has 0 saturated carbocycles. The quantitative estimate of drug-likeness (QED) is 0.872. The summed E-state index contributed by atoms with van der Waals surface area (Å²) in [4.78, 5) is 2.36. The molecule has 2 aromatic carbocycles. The van der Waals surface area contributed by atoms with Crippen molar-refractivity contribution in [2.45, 2.75) is 19.4 Å². The number of fused-ring (bicyclic) bond motifs is 1. The van der Waals surface area contributed by atoms with E-state index in [0.717, 1.165) is 19.5 Å². The topological polar surface area (TPSA) is 29.3 Å². The van der Waals surface area contributed by atoms with Crippen LogP contribution in [0.2, 0.25) is 0 Å². The Bertz CT molecular complexity index is 507. The molecule has 0 spiro atoms. The van der Waals surface area contributed by atoms with Crippen molar-refractivity contribution in [3.8, 4) is 0 Å². The van der Waals surface area contributed by atoms with Gasteiger partial charge in [-0.3, -0.25) is 4.90 Å². The molecule has 2 N–H and O–H groups in total. The zero-order valence-corrected chi connectivity index (χ0v) is 11.3. The maximum absolute atomic E-state index is 5.56. The monoisotopic (exact) mass is 242 g/mol. The lowest BCUT2D eigenvalue weighted by molar-refractivity contribution is 0.260. The van der Waals surface area contributed by atoms with Gasteiger partial charge in [-0.15, -0.1) is 0 Å². The molecular formula is C16H22N2. The van der Waals surface area contributed by atoms with E-state index in [1.165, 1.54) is 16.3 Å². The molecule has 0 heterocycles. The fourth-order valence-corrected chi connectivity index (χ4v) is 2.26. The van der Waals surface area contributed by atoms with Crippen LogP contribution in [-0.2, 0) is 0 Å². The first-order valence-electron chi connectivity index (χ1n) is 6.61. The van der Waals surface area contributed by atoms with E-state index < -0.39 is 0 Å². The van der Waals surface area contributed by atoms with Gasteiger partial charge < -0.3 is 5.73 Å². The number of benzene rings is 2. The number of rotatable bonds is 5. The highest BCUT2D eigenvalue weighted by Gasteiger charge is 2.11. The smallest absolute Gasteiger partial charge is 0.0317 e. The van der Waals surface area contributed by atoms with Gasteiger partial charge in [0.05, 0.1) is 0 Å². The summed E-state index contributed by atoms with van der Waals surface area (Å²) in [6.07, 6.45) is 1.05. The Morgan fingerprint density at radius 1 is 1.11 bits per heavy atom. The van der Waals surface area contributed by atoms with Crippen LogP contribution in [0.3, 0.4) is 0 Å². The molecule has 0 aliphatic heterocycles. The van der Waals surface area contributed by atoms with Gasteiger partial charge in [-0.1, -0.05) is 36.4 Å². The molecular weight excluding hydrogens is 220 g/mol. The molecule has 2 rings (SSSR count). The standard InChI is InChI=1S/C16H22N2/c1-13(18(2)11-5-10-17)15-9-8-14-6-3-4-7-16(14)12-15/h3-4,6-9,12-13H,5,10-11,17H2,1-2H3. The van der Waals surface area contributed by atoms with E-state index in [2.05, 4.69) is 61.3 Å². The maximum Gasteiger partial charge on any atom is 0.0317 e. The van der Waals surface area contributed by atoms with Gasteiger partial charge in [-0.05, 0) is 55.9 Å². The molecule has 1 atom stereocenters. The predicted molar refractivity (Wildman–Crippen MR) is 78.7 cm³/mol. The Morgan fingerprint density at radius 2 is 1.83 bits per heavy atom. The second kappa shape index (κ2) is 5.98. The van der Waals surface area contributed by atoms with Crippen LogP contribution in [0.15, 0.2) is 42.5 Å². The lowest BCUT2D eigenvalue weighted by Crippen LogP contribution is -2.25. The SMILES string of the molecule is CC(c1ccc2ccccc2c1)N(C)CCCN. The van der Waals surface area contributed by atoms with E-state index >= 15 is 0 Å². The number of hydrogen-bond acceptors (Lipinski definition) is 2. The number of nitrogens with zero attached hydrogens (tertiary/aromatic N) is 1. The van der Waals surface area contributed by atoms with Crippen molar-refractivity contribution in [2.75, 3.05) is 20.1 Å². The summed E-state index contributed by atoms with van der Waals surface area (Å²) in [6.45, 7) is 4.06. The molecule has 0 fully saturated rings. The van der Waals surface area contributed by atoms with Crippen LogP contribution in [0.25, 0.3) is 10.8 Å². The Kier molecular flexibility index (Phi) is 4.34. The van der Waals surface area contributed by atoms with E-state index in [4.69, 9.17) is 5.73 Å². The zero-order valence-electron chi connectivity index (χ0n) is 11.3. The normalized spacial score (nSPS) is 13.1. The van der Waals surface area contributed by atoms with Crippen molar-refractivity contribution in [1.29, 1.82) is 0 Å². The minimum Gasteiger partial charge on any atom is -0.330 e. The molecule has 0 aliphatic rings. The summed E-state index contributed by atoms with van der Waals surface area (Å²) < 4.78 is 0. The van der Waals surface area contributed by atoms with E-state index in [1.807, 2.05) is 0 Å². The summed E-state index contributed by atoms with van der Waals surface area (Å²) in [5, 5.41) is 2.62. The van der Waals surface area contributed by atoms with Crippen LogP contribution >= 0.6 is 0 Å². The molecule has 0 aliphatic carbocycles. The third-order valence-corrected chi connectivity index (χ3v) is 3.63. The first-order valence-corrected chi connectivity index (χ1v) is 6.61. The molecule has 2 heteroatoms. The van der Waals surface area contributed by atoms with E-state index in [1.54, 1.807) is 0 Å². The van der Waals surface area contributed by atoms with Crippen molar-refractivity contribution >= 4 is 10.8 Å². The van der Waals surface area contributed by atoms with Gasteiger partial charge in [0.25, 0.3) is 0 Å². The molecule has 2 aromatic rings.